The van der Waals surface area contributed by atoms with E-state index in [0.29, 0.717) is 17.9 Å². The molecule has 1 unspecified atom stereocenters. The Bertz CT molecular complexity index is 303. The maximum absolute atomic E-state index is 11.7. The molecule has 1 atom stereocenters. The number of hydrogen-bond donors (Lipinski definition) is 1. The smallest absolute Gasteiger partial charge is 0.220 e. The molecule has 2 aliphatic heterocycles. The fraction of sp³-hybridized carbons (Fsp3) is 0.933. The molecular weight excluding hydrogens is 240 g/mol. The molecule has 3 rings (SSSR count). The quantitative estimate of drug-likeness (QED) is 0.818. The van der Waals surface area contributed by atoms with Gasteiger partial charge in [0.25, 0.3) is 0 Å². The van der Waals surface area contributed by atoms with Crippen LogP contribution in [0.1, 0.15) is 38.5 Å². The van der Waals surface area contributed by atoms with Gasteiger partial charge in [-0.25, -0.2) is 0 Å². The molecule has 0 spiro atoms. The summed E-state index contributed by atoms with van der Waals surface area (Å²) in [7, 11) is 0. The third kappa shape index (κ3) is 3.93. The normalized spacial score (nSPS) is 29.6. The Morgan fingerprint density at radius 2 is 1.89 bits per heavy atom. The highest BCUT2D eigenvalue weighted by atomic mass is 16.5. The van der Waals surface area contributed by atoms with Gasteiger partial charge in [-0.1, -0.05) is 0 Å². The van der Waals surface area contributed by atoms with Crippen molar-refractivity contribution in [2.75, 3.05) is 32.8 Å². The van der Waals surface area contributed by atoms with Crippen LogP contribution in [0.2, 0.25) is 0 Å². The van der Waals surface area contributed by atoms with Gasteiger partial charge in [0.1, 0.15) is 0 Å². The van der Waals surface area contributed by atoms with Crippen molar-refractivity contribution in [1.29, 1.82) is 0 Å². The summed E-state index contributed by atoms with van der Waals surface area (Å²) >= 11 is 0. The number of likely N-dealkylation sites (tertiary alicyclic amines) is 1. The number of piperidine rings is 1. The molecular formula is C15H26N2O2. The van der Waals surface area contributed by atoms with E-state index in [2.05, 4.69) is 10.2 Å². The summed E-state index contributed by atoms with van der Waals surface area (Å²) in [6.07, 6.45) is 6.92. The number of carbonyl (C=O) groups is 1. The van der Waals surface area contributed by atoms with Crippen LogP contribution in [-0.2, 0) is 9.53 Å². The predicted molar refractivity (Wildman–Crippen MR) is 73.9 cm³/mol. The fourth-order valence-electron chi connectivity index (χ4n) is 3.25. The number of amides is 1. The third-order valence-electron chi connectivity index (χ3n) is 4.83. The molecule has 3 fully saturated rings. The standard InChI is InChI=1S/C15H26N2O2/c18-15(9-12-1-2-12)16-10-13-3-6-17(7-4-13)14-5-8-19-11-14/h12-14H,1-11H2,(H,16,18). The molecule has 108 valence electrons. The molecule has 0 radical (unpaired) electrons. The Balaban J connectivity index is 1.32. The lowest BCUT2D eigenvalue weighted by molar-refractivity contribution is -0.121. The minimum atomic E-state index is 0.272. The Morgan fingerprint density at radius 1 is 1.11 bits per heavy atom. The molecule has 1 aliphatic carbocycles. The molecule has 2 saturated heterocycles. The zero-order valence-corrected chi connectivity index (χ0v) is 11.8. The van der Waals surface area contributed by atoms with Crippen molar-refractivity contribution < 1.29 is 9.53 Å². The molecule has 2 heterocycles. The molecule has 4 nitrogen and oxygen atoms in total. The van der Waals surface area contributed by atoms with Crippen molar-refractivity contribution in [2.45, 2.75) is 44.6 Å². The molecule has 1 saturated carbocycles. The van der Waals surface area contributed by atoms with Crippen LogP contribution in [0.4, 0.5) is 0 Å². The first-order chi connectivity index (χ1) is 9.31. The van der Waals surface area contributed by atoms with Crippen LogP contribution in [0, 0.1) is 11.8 Å². The number of nitrogens with zero attached hydrogens (tertiary/aromatic N) is 1. The minimum absolute atomic E-state index is 0.272. The SMILES string of the molecule is O=C(CC1CC1)NCC1CCN(C2CCOC2)CC1. The Labute approximate surface area is 115 Å². The summed E-state index contributed by atoms with van der Waals surface area (Å²) in [5.74, 6) is 1.65. The van der Waals surface area contributed by atoms with Crippen molar-refractivity contribution >= 4 is 5.91 Å². The molecule has 19 heavy (non-hydrogen) atoms. The lowest BCUT2D eigenvalue weighted by atomic mass is 9.95. The molecule has 3 aliphatic rings. The summed E-state index contributed by atoms with van der Waals surface area (Å²) < 4.78 is 5.46. The van der Waals surface area contributed by atoms with Gasteiger partial charge in [-0.3, -0.25) is 9.69 Å². The lowest BCUT2D eigenvalue weighted by Gasteiger charge is -2.35. The van der Waals surface area contributed by atoms with Crippen molar-refractivity contribution in [1.82, 2.24) is 10.2 Å². The number of rotatable bonds is 5. The second-order valence-corrected chi connectivity index (χ2v) is 6.45. The average Bonchev–Trinajstić information content (AvgIpc) is 3.07. The van der Waals surface area contributed by atoms with Gasteiger partial charge in [-0.2, -0.15) is 0 Å². The zero-order valence-electron chi connectivity index (χ0n) is 11.8. The van der Waals surface area contributed by atoms with Crippen LogP contribution >= 0.6 is 0 Å². The Morgan fingerprint density at radius 3 is 2.53 bits per heavy atom. The van der Waals surface area contributed by atoms with Gasteiger partial charge >= 0.3 is 0 Å². The Hall–Kier alpha value is -0.610. The van der Waals surface area contributed by atoms with Crippen LogP contribution in [0.25, 0.3) is 0 Å². The number of ether oxygens (including phenoxy) is 1. The van der Waals surface area contributed by atoms with Crippen molar-refractivity contribution in [3.8, 4) is 0 Å². The van der Waals surface area contributed by atoms with Crippen LogP contribution < -0.4 is 5.32 Å². The second kappa shape index (κ2) is 6.23. The van der Waals surface area contributed by atoms with E-state index in [9.17, 15) is 4.79 Å². The summed E-state index contributed by atoms with van der Waals surface area (Å²) in [6.45, 7) is 5.10. The molecule has 1 amide bonds. The minimum Gasteiger partial charge on any atom is -0.380 e. The van der Waals surface area contributed by atoms with Gasteiger partial charge in [0.2, 0.25) is 5.91 Å². The van der Waals surface area contributed by atoms with E-state index in [4.69, 9.17) is 4.74 Å². The summed E-state index contributed by atoms with van der Waals surface area (Å²) in [6, 6.07) is 0.658. The summed E-state index contributed by atoms with van der Waals surface area (Å²) in [5.41, 5.74) is 0. The monoisotopic (exact) mass is 266 g/mol. The van der Waals surface area contributed by atoms with E-state index >= 15 is 0 Å². The summed E-state index contributed by atoms with van der Waals surface area (Å²) in [5, 5.41) is 3.13. The van der Waals surface area contributed by atoms with E-state index < -0.39 is 0 Å². The Kier molecular flexibility index (Phi) is 4.38. The van der Waals surface area contributed by atoms with Gasteiger partial charge in [0, 0.05) is 25.6 Å². The van der Waals surface area contributed by atoms with Gasteiger partial charge in [-0.05, 0) is 57.0 Å². The molecule has 0 aromatic carbocycles. The van der Waals surface area contributed by atoms with Crippen molar-refractivity contribution in [3.05, 3.63) is 0 Å². The van der Waals surface area contributed by atoms with E-state index in [1.807, 2.05) is 0 Å². The largest absolute Gasteiger partial charge is 0.380 e. The van der Waals surface area contributed by atoms with Crippen LogP contribution in [0.3, 0.4) is 0 Å². The molecule has 0 aromatic heterocycles. The van der Waals surface area contributed by atoms with Crippen LogP contribution in [-0.4, -0.2) is 49.7 Å². The highest BCUT2D eigenvalue weighted by Crippen LogP contribution is 2.32. The highest BCUT2D eigenvalue weighted by molar-refractivity contribution is 5.76. The number of nitrogens with one attached hydrogen (secondary N) is 1. The van der Waals surface area contributed by atoms with Crippen molar-refractivity contribution in [2.24, 2.45) is 11.8 Å². The molecule has 4 heteroatoms. The first-order valence-electron chi connectivity index (χ1n) is 7.90. The van der Waals surface area contributed by atoms with Crippen LogP contribution in [0.5, 0.6) is 0 Å². The second-order valence-electron chi connectivity index (χ2n) is 6.45. The lowest BCUT2D eigenvalue weighted by Crippen LogP contribution is -2.44. The van der Waals surface area contributed by atoms with Gasteiger partial charge in [0.05, 0.1) is 6.61 Å². The topological polar surface area (TPSA) is 41.6 Å². The molecule has 0 bridgehead atoms. The summed E-state index contributed by atoms with van der Waals surface area (Å²) in [4.78, 5) is 14.3. The maximum atomic E-state index is 11.7. The van der Waals surface area contributed by atoms with Crippen molar-refractivity contribution in [3.63, 3.8) is 0 Å². The maximum Gasteiger partial charge on any atom is 0.220 e. The highest BCUT2D eigenvalue weighted by Gasteiger charge is 2.28. The number of hydrogen-bond acceptors (Lipinski definition) is 3. The fourth-order valence-corrected chi connectivity index (χ4v) is 3.25. The zero-order chi connectivity index (χ0) is 13.1. The van der Waals surface area contributed by atoms with Gasteiger partial charge < -0.3 is 10.1 Å². The molecule has 0 aromatic rings. The van der Waals surface area contributed by atoms with Crippen LogP contribution in [0.15, 0.2) is 0 Å². The van der Waals surface area contributed by atoms with E-state index in [1.165, 1.54) is 45.2 Å². The first-order valence-corrected chi connectivity index (χ1v) is 7.90. The van der Waals surface area contributed by atoms with E-state index in [-0.39, 0.29) is 5.91 Å². The van der Waals surface area contributed by atoms with Gasteiger partial charge in [-0.15, -0.1) is 0 Å². The first kappa shape index (κ1) is 13.4. The third-order valence-corrected chi connectivity index (χ3v) is 4.83. The van der Waals surface area contributed by atoms with E-state index in [1.54, 1.807) is 0 Å². The molecule has 1 N–H and O–H groups in total. The van der Waals surface area contributed by atoms with Gasteiger partial charge in [0.15, 0.2) is 0 Å². The number of carbonyl (C=O) groups excluding carboxylic acids is 1. The van der Waals surface area contributed by atoms with E-state index in [0.717, 1.165) is 26.2 Å². The average molecular weight is 266 g/mol. The predicted octanol–water partition coefficient (Wildman–Crippen LogP) is 1.40.